The molecule has 168 valence electrons. The van der Waals surface area contributed by atoms with Gasteiger partial charge in [0.15, 0.2) is 5.75 Å². The topological polar surface area (TPSA) is 66.5 Å². The highest BCUT2D eigenvalue weighted by Gasteiger charge is 2.20. The number of aryl methyl sites for hydroxylation is 1. The Balaban J connectivity index is 2.33. The number of rotatable bonds is 15. The molecular weight excluding hydrogens is 376 g/mol. The van der Waals surface area contributed by atoms with Crippen molar-refractivity contribution in [1.82, 2.24) is 4.57 Å². The van der Waals surface area contributed by atoms with E-state index in [2.05, 4.69) is 20.8 Å². The third-order valence-electron chi connectivity index (χ3n) is 5.43. The maximum absolute atomic E-state index is 13.4. The Labute approximate surface area is 181 Å². The van der Waals surface area contributed by atoms with Gasteiger partial charge in [0.25, 0.3) is 5.56 Å². The molecule has 0 fully saturated rings. The van der Waals surface area contributed by atoms with Crippen LogP contribution in [0.4, 0.5) is 5.69 Å². The fraction of sp³-hybridized carbons (Fsp3) is 0.640. The Morgan fingerprint density at radius 1 is 0.800 bits per heavy atom. The van der Waals surface area contributed by atoms with E-state index in [-0.39, 0.29) is 5.56 Å². The molecule has 5 nitrogen and oxygen atoms in total. The fourth-order valence-corrected chi connectivity index (χ4v) is 3.60. The highest BCUT2D eigenvalue weighted by molar-refractivity contribution is 5.90. The first kappa shape index (κ1) is 24.1. The molecule has 1 aromatic carbocycles. The van der Waals surface area contributed by atoms with Crippen LogP contribution in [0, 0.1) is 0 Å². The Morgan fingerprint density at radius 2 is 1.43 bits per heavy atom. The van der Waals surface area contributed by atoms with Crippen molar-refractivity contribution in [2.75, 3.05) is 18.9 Å². The van der Waals surface area contributed by atoms with E-state index >= 15 is 0 Å². The number of benzene rings is 1. The first-order valence-electron chi connectivity index (χ1n) is 11.9. The number of hydrogen-bond acceptors (Lipinski definition) is 4. The molecule has 5 heteroatoms. The van der Waals surface area contributed by atoms with Gasteiger partial charge in [-0.15, -0.1) is 0 Å². The molecule has 0 unspecified atom stereocenters. The number of nitrogens with two attached hydrogens (primary N) is 1. The van der Waals surface area contributed by atoms with Gasteiger partial charge in [0.2, 0.25) is 5.75 Å². The van der Waals surface area contributed by atoms with Gasteiger partial charge in [0.1, 0.15) is 0 Å². The van der Waals surface area contributed by atoms with E-state index in [4.69, 9.17) is 15.2 Å². The molecule has 0 saturated heterocycles. The number of aromatic nitrogens is 1. The molecule has 0 atom stereocenters. The van der Waals surface area contributed by atoms with Gasteiger partial charge >= 0.3 is 0 Å². The molecule has 30 heavy (non-hydrogen) atoms. The molecule has 1 heterocycles. The molecule has 2 aromatic rings. The van der Waals surface area contributed by atoms with Crippen molar-refractivity contribution < 1.29 is 9.47 Å². The van der Waals surface area contributed by atoms with Crippen LogP contribution in [0.25, 0.3) is 10.9 Å². The summed E-state index contributed by atoms with van der Waals surface area (Å²) in [5.41, 5.74) is 7.40. The van der Waals surface area contributed by atoms with Gasteiger partial charge in [-0.2, -0.15) is 0 Å². The SMILES string of the molecule is CCCCCCCCOc1c(OCCCC)c2ccc(N)cc2n(CCCC)c1=O. The van der Waals surface area contributed by atoms with E-state index in [0.717, 1.165) is 49.4 Å². The number of ether oxygens (including phenoxy) is 2. The molecule has 0 amide bonds. The van der Waals surface area contributed by atoms with Crippen LogP contribution in [-0.4, -0.2) is 17.8 Å². The van der Waals surface area contributed by atoms with E-state index in [9.17, 15) is 4.79 Å². The highest BCUT2D eigenvalue weighted by Crippen LogP contribution is 2.34. The molecule has 2 rings (SSSR count). The maximum Gasteiger partial charge on any atom is 0.297 e. The summed E-state index contributed by atoms with van der Waals surface area (Å²) < 4.78 is 14.0. The van der Waals surface area contributed by atoms with Gasteiger partial charge < -0.3 is 19.8 Å². The Kier molecular flexibility index (Phi) is 10.6. The molecule has 1 aromatic heterocycles. The standard InChI is InChI=1S/C25H40N2O3/c1-4-7-10-11-12-13-18-30-24-23(29-17-9-6-3)21-15-14-20(26)19-22(21)27(25(24)28)16-8-5-2/h14-15,19H,4-13,16-18,26H2,1-3H3. The summed E-state index contributed by atoms with van der Waals surface area (Å²) in [6, 6.07) is 5.68. The second-order valence-corrected chi connectivity index (χ2v) is 8.06. The molecule has 0 radical (unpaired) electrons. The first-order chi connectivity index (χ1) is 14.6. The number of unbranched alkanes of at least 4 members (excludes halogenated alkanes) is 7. The summed E-state index contributed by atoms with van der Waals surface area (Å²) in [6.45, 7) is 8.24. The number of nitrogen functional groups attached to an aromatic ring is 1. The molecule has 0 saturated carbocycles. The van der Waals surface area contributed by atoms with Crippen molar-refractivity contribution in [3.63, 3.8) is 0 Å². The lowest BCUT2D eigenvalue weighted by Gasteiger charge is -2.19. The van der Waals surface area contributed by atoms with Crippen molar-refractivity contribution in [2.45, 2.75) is 91.5 Å². The average molecular weight is 417 g/mol. The van der Waals surface area contributed by atoms with Crippen molar-refractivity contribution >= 4 is 16.6 Å². The average Bonchev–Trinajstić information content (AvgIpc) is 2.74. The number of nitrogens with zero attached hydrogens (tertiary/aromatic N) is 1. The van der Waals surface area contributed by atoms with E-state index in [0.29, 0.717) is 36.9 Å². The van der Waals surface area contributed by atoms with Crippen molar-refractivity contribution in [2.24, 2.45) is 0 Å². The molecule has 0 aliphatic heterocycles. The van der Waals surface area contributed by atoms with Crippen LogP contribution in [0.15, 0.2) is 23.0 Å². The third-order valence-corrected chi connectivity index (χ3v) is 5.43. The second-order valence-electron chi connectivity index (χ2n) is 8.06. The Bertz CT molecular complexity index is 829. The van der Waals surface area contributed by atoms with E-state index in [1.165, 1.54) is 25.7 Å². The minimum atomic E-state index is -0.112. The zero-order chi connectivity index (χ0) is 21.8. The van der Waals surface area contributed by atoms with Gasteiger partial charge in [0, 0.05) is 17.6 Å². The van der Waals surface area contributed by atoms with Crippen molar-refractivity contribution in [3.05, 3.63) is 28.6 Å². The summed E-state index contributed by atoms with van der Waals surface area (Å²) in [6.07, 6.45) is 11.0. The maximum atomic E-state index is 13.4. The van der Waals surface area contributed by atoms with Gasteiger partial charge in [-0.25, -0.2) is 0 Å². The lowest BCUT2D eigenvalue weighted by molar-refractivity contribution is 0.258. The minimum Gasteiger partial charge on any atom is -0.489 e. The van der Waals surface area contributed by atoms with Crippen LogP contribution in [0.2, 0.25) is 0 Å². The predicted octanol–water partition coefficient (Wildman–Crippen LogP) is 6.30. The highest BCUT2D eigenvalue weighted by atomic mass is 16.5. The van der Waals surface area contributed by atoms with Crippen molar-refractivity contribution in [1.29, 1.82) is 0 Å². The van der Waals surface area contributed by atoms with E-state index < -0.39 is 0 Å². The molecule has 0 aliphatic carbocycles. The zero-order valence-electron chi connectivity index (χ0n) is 19.2. The Hall–Kier alpha value is -2.17. The van der Waals surface area contributed by atoms with Gasteiger partial charge in [-0.3, -0.25) is 4.79 Å². The molecule has 0 spiro atoms. The van der Waals surface area contributed by atoms with Crippen LogP contribution in [-0.2, 0) is 6.54 Å². The van der Waals surface area contributed by atoms with Gasteiger partial charge in [-0.05, 0) is 37.5 Å². The lowest BCUT2D eigenvalue weighted by atomic mass is 10.1. The van der Waals surface area contributed by atoms with Crippen LogP contribution in [0.3, 0.4) is 0 Å². The Morgan fingerprint density at radius 3 is 2.17 bits per heavy atom. The monoisotopic (exact) mass is 416 g/mol. The normalized spacial score (nSPS) is 11.2. The zero-order valence-corrected chi connectivity index (χ0v) is 19.2. The number of fused-ring (bicyclic) bond motifs is 1. The number of hydrogen-bond donors (Lipinski definition) is 1. The van der Waals surface area contributed by atoms with Crippen LogP contribution < -0.4 is 20.8 Å². The molecule has 0 aliphatic rings. The summed E-state index contributed by atoms with van der Waals surface area (Å²) in [4.78, 5) is 13.4. The molecule has 0 bridgehead atoms. The fourth-order valence-electron chi connectivity index (χ4n) is 3.60. The summed E-state index contributed by atoms with van der Waals surface area (Å²) in [7, 11) is 0. The van der Waals surface area contributed by atoms with E-state index in [1.54, 1.807) is 4.57 Å². The van der Waals surface area contributed by atoms with Crippen molar-refractivity contribution in [3.8, 4) is 11.5 Å². The summed E-state index contributed by atoms with van der Waals surface area (Å²) >= 11 is 0. The van der Waals surface area contributed by atoms with Crippen LogP contribution in [0.5, 0.6) is 11.5 Å². The number of anilines is 1. The van der Waals surface area contributed by atoms with Gasteiger partial charge in [-0.1, -0.05) is 65.7 Å². The smallest absolute Gasteiger partial charge is 0.297 e. The first-order valence-corrected chi connectivity index (χ1v) is 11.9. The quantitative estimate of drug-likeness (QED) is 0.273. The predicted molar refractivity (Wildman–Crippen MR) is 127 cm³/mol. The largest absolute Gasteiger partial charge is 0.489 e. The van der Waals surface area contributed by atoms with Crippen LogP contribution >= 0.6 is 0 Å². The second kappa shape index (κ2) is 13.2. The van der Waals surface area contributed by atoms with E-state index in [1.807, 2.05) is 18.2 Å². The third kappa shape index (κ3) is 6.68. The molecule has 2 N–H and O–H groups in total. The summed E-state index contributed by atoms with van der Waals surface area (Å²) in [5.74, 6) is 0.926. The summed E-state index contributed by atoms with van der Waals surface area (Å²) in [5, 5.41) is 0.897. The van der Waals surface area contributed by atoms with Gasteiger partial charge in [0.05, 0.1) is 18.7 Å². The minimum absolute atomic E-state index is 0.112. The van der Waals surface area contributed by atoms with Crippen LogP contribution in [0.1, 0.15) is 85.0 Å². The lowest BCUT2D eigenvalue weighted by Crippen LogP contribution is -2.24. The number of pyridine rings is 1. The molecular formula is C25H40N2O3.